The summed E-state index contributed by atoms with van der Waals surface area (Å²) >= 11 is 0. The van der Waals surface area contributed by atoms with Crippen LogP contribution in [-0.2, 0) is 18.3 Å². The van der Waals surface area contributed by atoms with E-state index >= 15 is 0 Å². The topological polar surface area (TPSA) is 100 Å². The number of aliphatic hydroxyl groups is 1. The van der Waals surface area contributed by atoms with E-state index in [2.05, 4.69) is 15.4 Å². The predicted molar refractivity (Wildman–Crippen MR) is 93.0 cm³/mol. The number of carbonyl (C=O) groups excluding carboxylic acids is 1. The molecule has 0 bridgehead atoms. The molecule has 0 aromatic carbocycles. The first-order valence-corrected chi connectivity index (χ1v) is 8.22. The van der Waals surface area contributed by atoms with Crippen molar-refractivity contribution in [3.8, 4) is 0 Å². The van der Waals surface area contributed by atoms with Gasteiger partial charge in [0.25, 0.3) is 5.56 Å². The Kier molecular flexibility index (Phi) is 5.43. The second-order valence-electron chi connectivity index (χ2n) is 6.61. The lowest BCUT2D eigenvalue weighted by atomic mass is 10.00. The highest BCUT2D eigenvalue weighted by Crippen LogP contribution is 2.21. The molecule has 0 spiro atoms. The molecule has 1 amide bonds. The molecule has 7 nitrogen and oxygen atoms in total. The number of amides is 1. The lowest BCUT2D eigenvalue weighted by Gasteiger charge is -2.15. The number of nitrogens with zero attached hydrogens (tertiary/aromatic N) is 2. The molecule has 0 aliphatic rings. The fourth-order valence-electron chi connectivity index (χ4n) is 2.80. The van der Waals surface area contributed by atoms with Gasteiger partial charge in [-0.15, -0.1) is 0 Å². The van der Waals surface area contributed by atoms with Crippen molar-refractivity contribution in [2.45, 2.75) is 46.6 Å². The molecule has 0 saturated heterocycles. The summed E-state index contributed by atoms with van der Waals surface area (Å²) in [6.07, 6.45) is 0.265. The van der Waals surface area contributed by atoms with E-state index in [0.717, 1.165) is 16.8 Å². The Balaban J connectivity index is 2.12. The van der Waals surface area contributed by atoms with Gasteiger partial charge in [0.15, 0.2) is 5.65 Å². The number of aromatic amines is 1. The van der Waals surface area contributed by atoms with Crippen LogP contribution in [0, 0.1) is 19.8 Å². The monoisotopic (exact) mass is 334 g/mol. The number of hydrogen-bond donors (Lipinski definition) is 3. The Morgan fingerprint density at radius 3 is 2.67 bits per heavy atom. The van der Waals surface area contributed by atoms with E-state index in [-0.39, 0.29) is 23.9 Å². The van der Waals surface area contributed by atoms with Crippen LogP contribution in [0.25, 0.3) is 11.0 Å². The summed E-state index contributed by atoms with van der Waals surface area (Å²) in [6.45, 7) is 7.84. The molecule has 2 aromatic rings. The minimum atomic E-state index is -0.543. The van der Waals surface area contributed by atoms with Gasteiger partial charge in [-0.05, 0) is 37.3 Å². The zero-order valence-corrected chi connectivity index (χ0v) is 14.9. The fraction of sp³-hybridized carbons (Fsp3) is 0.588. The molecule has 2 aromatic heterocycles. The van der Waals surface area contributed by atoms with Crippen molar-refractivity contribution in [2.75, 3.05) is 6.54 Å². The molecule has 1 unspecified atom stereocenters. The molecule has 1 atom stereocenters. The second kappa shape index (κ2) is 7.17. The van der Waals surface area contributed by atoms with Crippen molar-refractivity contribution in [1.29, 1.82) is 0 Å². The number of aromatic nitrogens is 3. The zero-order valence-electron chi connectivity index (χ0n) is 14.9. The van der Waals surface area contributed by atoms with Gasteiger partial charge in [-0.2, -0.15) is 0 Å². The SMILES string of the molecule is Cc1nc2c(c(C)c1CCC(=O)NCC(O)C(C)C)c(=O)[nH]n2C. The quantitative estimate of drug-likeness (QED) is 0.732. The van der Waals surface area contributed by atoms with Crippen LogP contribution in [0.4, 0.5) is 0 Å². The summed E-state index contributed by atoms with van der Waals surface area (Å²) in [7, 11) is 1.75. The van der Waals surface area contributed by atoms with Crippen LogP contribution in [-0.4, -0.2) is 38.4 Å². The molecule has 2 heterocycles. The van der Waals surface area contributed by atoms with Crippen molar-refractivity contribution < 1.29 is 9.90 Å². The third kappa shape index (κ3) is 3.67. The number of carbonyl (C=O) groups is 1. The van der Waals surface area contributed by atoms with Crippen molar-refractivity contribution in [3.63, 3.8) is 0 Å². The van der Waals surface area contributed by atoms with E-state index in [0.29, 0.717) is 23.9 Å². The Bertz CT molecular complexity index is 804. The summed E-state index contributed by atoms with van der Waals surface area (Å²) in [6, 6.07) is 0. The van der Waals surface area contributed by atoms with Gasteiger partial charge < -0.3 is 10.4 Å². The first-order chi connectivity index (χ1) is 11.2. The standard InChI is InChI=1S/C17H26N4O3/c1-9(2)13(22)8-18-14(23)7-6-12-10(3)15-16(19-11(12)4)21(5)20-17(15)24/h9,13,22H,6-8H2,1-5H3,(H,18,23)(H,20,24). The highest BCUT2D eigenvalue weighted by atomic mass is 16.3. The molecule has 0 aliphatic carbocycles. The first kappa shape index (κ1) is 18.2. The predicted octanol–water partition coefficient (Wildman–Crippen LogP) is 0.944. The number of fused-ring (bicyclic) bond motifs is 1. The van der Waals surface area contributed by atoms with Crippen LogP contribution < -0.4 is 10.9 Å². The number of H-pyrrole nitrogens is 1. The number of rotatable bonds is 6. The summed E-state index contributed by atoms with van der Waals surface area (Å²) in [5.41, 5.74) is 3.09. The van der Waals surface area contributed by atoms with E-state index in [1.807, 2.05) is 27.7 Å². The average molecular weight is 334 g/mol. The summed E-state index contributed by atoms with van der Waals surface area (Å²) in [5, 5.41) is 15.8. The van der Waals surface area contributed by atoms with Crippen LogP contribution >= 0.6 is 0 Å². The Labute approximate surface area is 141 Å². The minimum absolute atomic E-state index is 0.103. The zero-order chi connectivity index (χ0) is 18.0. The fourth-order valence-corrected chi connectivity index (χ4v) is 2.80. The smallest absolute Gasteiger partial charge is 0.273 e. The molecule has 7 heteroatoms. The van der Waals surface area contributed by atoms with Gasteiger partial charge in [0.05, 0.1) is 11.5 Å². The highest BCUT2D eigenvalue weighted by molar-refractivity contribution is 5.81. The van der Waals surface area contributed by atoms with E-state index in [4.69, 9.17) is 0 Å². The number of hydrogen-bond acceptors (Lipinski definition) is 4. The molecule has 0 saturated carbocycles. The maximum absolute atomic E-state index is 12.0. The van der Waals surface area contributed by atoms with Crippen molar-refractivity contribution in [3.05, 3.63) is 27.2 Å². The van der Waals surface area contributed by atoms with Gasteiger partial charge in [0.2, 0.25) is 5.91 Å². The third-order valence-electron chi connectivity index (χ3n) is 4.46. The summed E-state index contributed by atoms with van der Waals surface area (Å²) < 4.78 is 1.61. The van der Waals surface area contributed by atoms with E-state index in [1.54, 1.807) is 11.7 Å². The summed E-state index contributed by atoms with van der Waals surface area (Å²) in [5.74, 6) is -0.0123. The van der Waals surface area contributed by atoms with Crippen molar-refractivity contribution in [1.82, 2.24) is 20.1 Å². The van der Waals surface area contributed by atoms with Gasteiger partial charge in [-0.25, -0.2) is 4.98 Å². The number of aryl methyl sites for hydroxylation is 3. The van der Waals surface area contributed by atoms with Gasteiger partial charge in [-0.3, -0.25) is 19.4 Å². The molecule has 3 N–H and O–H groups in total. The number of nitrogens with one attached hydrogen (secondary N) is 2. The Hall–Kier alpha value is -2.15. The normalized spacial score (nSPS) is 12.8. The van der Waals surface area contributed by atoms with E-state index in [1.165, 1.54) is 0 Å². The maximum Gasteiger partial charge on any atom is 0.273 e. The van der Waals surface area contributed by atoms with Crippen LogP contribution in [0.2, 0.25) is 0 Å². The van der Waals surface area contributed by atoms with Crippen molar-refractivity contribution in [2.24, 2.45) is 13.0 Å². The molecule has 24 heavy (non-hydrogen) atoms. The third-order valence-corrected chi connectivity index (χ3v) is 4.46. The summed E-state index contributed by atoms with van der Waals surface area (Å²) in [4.78, 5) is 28.5. The highest BCUT2D eigenvalue weighted by Gasteiger charge is 2.16. The van der Waals surface area contributed by atoms with Crippen LogP contribution in [0.15, 0.2) is 4.79 Å². The largest absolute Gasteiger partial charge is 0.391 e. The van der Waals surface area contributed by atoms with E-state index < -0.39 is 6.10 Å². The molecule has 0 fully saturated rings. The van der Waals surface area contributed by atoms with Crippen LogP contribution in [0.1, 0.15) is 37.1 Å². The second-order valence-corrected chi connectivity index (χ2v) is 6.61. The van der Waals surface area contributed by atoms with Gasteiger partial charge in [-0.1, -0.05) is 13.8 Å². The van der Waals surface area contributed by atoms with Crippen LogP contribution in [0.3, 0.4) is 0 Å². The van der Waals surface area contributed by atoms with Gasteiger partial charge in [0.1, 0.15) is 0 Å². The number of aliphatic hydroxyl groups excluding tert-OH is 1. The lowest BCUT2D eigenvalue weighted by Crippen LogP contribution is -2.34. The molecular formula is C17H26N4O3. The van der Waals surface area contributed by atoms with Crippen molar-refractivity contribution >= 4 is 16.9 Å². The maximum atomic E-state index is 12.0. The Morgan fingerprint density at radius 2 is 2.04 bits per heavy atom. The van der Waals surface area contributed by atoms with Gasteiger partial charge in [0, 0.05) is 25.7 Å². The van der Waals surface area contributed by atoms with E-state index in [9.17, 15) is 14.7 Å². The van der Waals surface area contributed by atoms with Gasteiger partial charge >= 0.3 is 0 Å². The molecule has 0 aliphatic heterocycles. The average Bonchev–Trinajstić information content (AvgIpc) is 2.78. The number of pyridine rings is 1. The Morgan fingerprint density at radius 1 is 1.38 bits per heavy atom. The molecule has 2 rings (SSSR count). The molecule has 132 valence electrons. The molecule has 0 radical (unpaired) electrons. The lowest BCUT2D eigenvalue weighted by molar-refractivity contribution is -0.121. The minimum Gasteiger partial charge on any atom is -0.391 e. The van der Waals surface area contributed by atoms with Crippen LogP contribution in [0.5, 0.6) is 0 Å². The first-order valence-electron chi connectivity index (χ1n) is 8.22. The molecular weight excluding hydrogens is 308 g/mol.